The zero-order valence-electron chi connectivity index (χ0n) is 11.0. The fourth-order valence-electron chi connectivity index (χ4n) is 2.16. The molecule has 0 amide bonds. The van der Waals surface area contributed by atoms with E-state index in [9.17, 15) is 0 Å². The van der Waals surface area contributed by atoms with Gasteiger partial charge in [-0.25, -0.2) is 0 Å². The van der Waals surface area contributed by atoms with E-state index in [0.717, 1.165) is 6.42 Å². The molecule has 0 N–H and O–H groups in total. The smallest absolute Gasteiger partial charge is 0.00914 e. The molecule has 0 aliphatic rings. The van der Waals surface area contributed by atoms with Crippen LogP contribution in [0.5, 0.6) is 0 Å². The lowest BCUT2D eigenvalue weighted by atomic mass is 10.0. The second-order valence-corrected chi connectivity index (χ2v) is 4.54. The van der Waals surface area contributed by atoms with Gasteiger partial charge in [0.15, 0.2) is 0 Å². The summed E-state index contributed by atoms with van der Waals surface area (Å²) in [5, 5.41) is 0. The molecule has 18 heavy (non-hydrogen) atoms. The first kappa shape index (κ1) is 12.6. The highest BCUT2D eigenvalue weighted by Gasteiger charge is 1.98. The van der Waals surface area contributed by atoms with Gasteiger partial charge in [-0.1, -0.05) is 80.1 Å². The molecule has 2 aromatic carbocycles. The van der Waals surface area contributed by atoms with Crippen LogP contribution in [0.2, 0.25) is 0 Å². The minimum atomic E-state index is 1.02. The maximum Gasteiger partial charge on any atom is -0.00914 e. The molecule has 0 bridgehead atoms. The van der Waals surface area contributed by atoms with Crippen molar-refractivity contribution in [2.24, 2.45) is 0 Å². The molecule has 0 unspecified atom stereocenters. The van der Waals surface area contributed by atoms with Gasteiger partial charge in [0.1, 0.15) is 0 Å². The highest BCUT2D eigenvalue weighted by atomic mass is 14.0. The van der Waals surface area contributed by atoms with E-state index in [4.69, 9.17) is 0 Å². The third-order valence-corrected chi connectivity index (χ3v) is 3.09. The molecule has 2 aromatic rings. The Bertz CT molecular complexity index is 494. The molecule has 0 saturated heterocycles. The minimum absolute atomic E-state index is 1.02. The van der Waals surface area contributed by atoms with Crippen LogP contribution in [0, 0.1) is 0 Å². The summed E-state index contributed by atoms with van der Waals surface area (Å²) in [4.78, 5) is 0. The Morgan fingerprint density at radius 2 is 1.50 bits per heavy atom. The monoisotopic (exact) mass is 236 g/mol. The first-order valence-corrected chi connectivity index (χ1v) is 6.68. The van der Waals surface area contributed by atoms with Crippen LogP contribution in [0.3, 0.4) is 0 Å². The van der Waals surface area contributed by atoms with E-state index in [-0.39, 0.29) is 0 Å². The molecular weight excluding hydrogens is 216 g/mol. The summed E-state index contributed by atoms with van der Waals surface area (Å²) in [6, 6.07) is 19.2. The second-order valence-electron chi connectivity index (χ2n) is 4.54. The van der Waals surface area contributed by atoms with Crippen LogP contribution in [-0.2, 0) is 12.8 Å². The molecule has 0 atom stereocenters. The highest BCUT2D eigenvalue weighted by molar-refractivity contribution is 5.49. The van der Waals surface area contributed by atoms with Gasteiger partial charge in [0.2, 0.25) is 0 Å². The maximum atomic E-state index is 2.25. The lowest BCUT2D eigenvalue weighted by Gasteiger charge is -2.05. The summed E-state index contributed by atoms with van der Waals surface area (Å²) < 4.78 is 0. The van der Waals surface area contributed by atoms with E-state index in [2.05, 4.69) is 67.6 Å². The molecular formula is C18H20. The molecule has 0 heterocycles. The van der Waals surface area contributed by atoms with Gasteiger partial charge in [-0.15, -0.1) is 0 Å². The van der Waals surface area contributed by atoms with Crippen molar-refractivity contribution < 1.29 is 0 Å². The van der Waals surface area contributed by atoms with Crippen molar-refractivity contribution in [2.45, 2.75) is 26.2 Å². The highest BCUT2D eigenvalue weighted by Crippen LogP contribution is 2.13. The minimum Gasteiger partial charge on any atom is -0.0795 e. The van der Waals surface area contributed by atoms with Crippen molar-refractivity contribution in [3.63, 3.8) is 0 Å². The number of allylic oxidation sites excluding steroid dienone is 1. The van der Waals surface area contributed by atoms with Gasteiger partial charge in [-0.3, -0.25) is 0 Å². The molecule has 0 heteroatoms. The van der Waals surface area contributed by atoms with Gasteiger partial charge < -0.3 is 0 Å². The molecule has 0 fully saturated rings. The van der Waals surface area contributed by atoms with Gasteiger partial charge in [-0.2, -0.15) is 0 Å². The average molecular weight is 236 g/mol. The van der Waals surface area contributed by atoms with Gasteiger partial charge >= 0.3 is 0 Å². The lowest BCUT2D eigenvalue weighted by Crippen LogP contribution is -1.91. The summed E-state index contributed by atoms with van der Waals surface area (Å²) >= 11 is 0. The molecule has 0 aromatic heterocycles. The quantitative estimate of drug-likeness (QED) is 0.693. The Hall–Kier alpha value is -1.82. The van der Waals surface area contributed by atoms with Crippen LogP contribution in [0.1, 0.15) is 30.0 Å². The summed E-state index contributed by atoms with van der Waals surface area (Å²) in [5.74, 6) is 0. The fraction of sp³-hybridized carbons (Fsp3) is 0.222. The first-order chi connectivity index (χ1) is 8.90. The van der Waals surface area contributed by atoms with Gasteiger partial charge in [-0.05, 0) is 29.5 Å². The molecule has 0 radical (unpaired) electrons. The number of rotatable bonds is 5. The van der Waals surface area contributed by atoms with E-state index in [0.29, 0.717) is 0 Å². The van der Waals surface area contributed by atoms with E-state index in [1.165, 1.54) is 29.5 Å². The van der Waals surface area contributed by atoms with Crippen molar-refractivity contribution in [1.82, 2.24) is 0 Å². The summed E-state index contributed by atoms with van der Waals surface area (Å²) in [7, 11) is 0. The number of benzene rings is 2. The largest absolute Gasteiger partial charge is 0.0795 e. The number of hydrogen-bond donors (Lipinski definition) is 0. The molecule has 92 valence electrons. The Kier molecular flexibility index (Phi) is 4.78. The molecule has 0 aliphatic heterocycles. The molecule has 2 rings (SSSR count). The number of aryl methyl sites for hydroxylation is 1. The lowest BCUT2D eigenvalue weighted by molar-refractivity contribution is 0.907. The third kappa shape index (κ3) is 3.59. The Labute approximate surface area is 110 Å². The summed E-state index contributed by atoms with van der Waals surface area (Å²) in [5.41, 5.74) is 4.20. The summed E-state index contributed by atoms with van der Waals surface area (Å²) in [6.45, 7) is 2.23. The number of hydrogen-bond acceptors (Lipinski definition) is 0. The fourth-order valence-corrected chi connectivity index (χ4v) is 2.16. The molecule has 0 saturated carbocycles. The van der Waals surface area contributed by atoms with Gasteiger partial charge in [0, 0.05) is 0 Å². The topological polar surface area (TPSA) is 0 Å². The SMILES string of the molecule is CCCc1ccccc1C/C=C/c1ccccc1. The predicted molar refractivity (Wildman–Crippen MR) is 79.6 cm³/mol. The van der Waals surface area contributed by atoms with Crippen molar-refractivity contribution in [3.05, 3.63) is 77.4 Å². The summed E-state index contributed by atoms with van der Waals surface area (Å²) in [6.07, 6.45) is 7.85. The Balaban J connectivity index is 2.04. The Morgan fingerprint density at radius 1 is 0.833 bits per heavy atom. The normalized spacial score (nSPS) is 10.9. The molecule has 0 spiro atoms. The first-order valence-electron chi connectivity index (χ1n) is 6.68. The average Bonchev–Trinajstić information content (AvgIpc) is 2.42. The van der Waals surface area contributed by atoms with E-state index in [1.807, 2.05) is 6.07 Å². The van der Waals surface area contributed by atoms with Crippen molar-refractivity contribution in [1.29, 1.82) is 0 Å². The van der Waals surface area contributed by atoms with Gasteiger partial charge in [0.05, 0.1) is 0 Å². The zero-order chi connectivity index (χ0) is 12.6. The van der Waals surface area contributed by atoms with E-state index < -0.39 is 0 Å². The maximum absolute atomic E-state index is 2.25. The Morgan fingerprint density at radius 3 is 2.22 bits per heavy atom. The molecule has 0 nitrogen and oxygen atoms in total. The standard InChI is InChI=1S/C18H20/c1-2-9-17-13-6-7-14-18(17)15-8-12-16-10-4-3-5-11-16/h3-8,10-14H,2,9,15H2,1H3/b12-8+. The van der Waals surface area contributed by atoms with Crippen LogP contribution in [0.25, 0.3) is 6.08 Å². The van der Waals surface area contributed by atoms with Crippen LogP contribution >= 0.6 is 0 Å². The van der Waals surface area contributed by atoms with Crippen LogP contribution in [-0.4, -0.2) is 0 Å². The van der Waals surface area contributed by atoms with Crippen LogP contribution in [0.4, 0.5) is 0 Å². The molecule has 0 aliphatic carbocycles. The predicted octanol–water partition coefficient (Wildman–Crippen LogP) is 4.90. The van der Waals surface area contributed by atoms with E-state index in [1.54, 1.807) is 0 Å². The van der Waals surface area contributed by atoms with E-state index >= 15 is 0 Å². The van der Waals surface area contributed by atoms with Gasteiger partial charge in [0.25, 0.3) is 0 Å². The van der Waals surface area contributed by atoms with Crippen molar-refractivity contribution >= 4 is 6.08 Å². The third-order valence-electron chi connectivity index (χ3n) is 3.09. The zero-order valence-corrected chi connectivity index (χ0v) is 11.0. The second kappa shape index (κ2) is 6.80. The van der Waals surface area contributed by atoms with Crippen molar-refractivity contribution in [3.8, 4) is 0 Å². The van der Waals surface area contributed by atoms with Crippen LogP contribution in [0.15, 0.2) is 60.7 Å². The van der Waals surface area contributed by atoms with Crippen LogP contribution < -0.4 is 0 Å². The van der Waals surface area contributed by atoms with Crippen molar-refractivity contribution in [2.75, 3.05) is 0 Å².